The Morgan fingerprint density at radius 1 is 1.19 bits per heavy atom. The molecule has 1 heterocycles. The molecule has 0 amide bonds. The zero-order chi connectivity index (χ0) is 19.2. The fraction of sp³-hybridized carbons (Fsp3) is 0.667. The highest BCUT2D eigenvalue weighted by Crippen LogP contribution is 2.14. The van der Waals surface area contributed by atoms with Crippen molar-refractivity contribution in [2.24, 2.45) is 10.9 Å². The lowest BCUT2D eigenvalue weighted by Crippen LogP contribution is -2.38. The van der Waals surface area contributed by atoms with Crippen molar-refractivity contribution in [3.8, 4) is 5.75 Å². The van der Waals surface area contributed by atoms with E-state index in [1.165, 1.54) is 5.56 Å². The standard InChI is InChI=1S/C21H35N3O3/c1-3-22-21(24-13-9-18-5-7-20(25-2)8-6-18)23-12-4-14-27-17-19-10-15-26-16-11-19/h5-8,19H,3-4,9-17H2,1-2H3,(H2,22,23,24). The molecule has 2 rings (SSSR count). The number of rotatable bonds is 11. The van der Waals surface area contributed by atoms with E-state index in [1.54, 1.807) is 7.11 Å². The monoisotopic (exact) mass is 377 g/mol. The van der Waals surface area contributed by atoms with E-state index < -0.39 is 0 Å². The summed E-state index contributed by atoms with van der Waals surface area (Å²) >= 11 is 0. The van der Waals surface area contributed by atoms with E-state index >= 15 is 0 Å². The summed E-state index contributed by atoms with van der Waals surface area (Å²) in [5, 5.41) is 6.69. The van der Waals surface area contributed by atoms with Gasteiger partial charge >= 0.3 is 0 Å². The van der Waals surface area contributed by atoms with E-state index in [0.29, 0.717) is 5.92 Å². The molecule has 6 heteroatoms. The minimum absolute atomic E-state index is 0.666. The number of nitrogens with one attached hydrogen (secondary N) is 2. The van der Waals surface area contributed by atoms with Gasteiger partial charge in [0, 0.05) is 46.1 Å². The zero-order valence-corrected chi connectivity index (χ0v) is 16.8. The Kier molecular flexibility index (Phi) is 10.7. The molecule has 2 N–H and O–H groups in total. The van der Waals surface area contributed by atoms with E-state index in [0.717, 1.165) is 83.5 Å². The van der Waals surface area contributed by atoms with E-state index in [1.807, 2.05) is 12.1 Å². The highest BCUT2D eigenvalue weighted by Gasteiger charge is 2.13. The first-order valence-corrected chi connectivity index (χ1v) is 10.1. The number of benzene rings is 1. The largest absolute Gasteiger partial charge is 0.497 e. The van der Waals surface area contributed by atoms with E-state index in [4.69, 9.17) is 14.2 Å². The Morgan fingerprint density at radius 2 is 1.96 bits per heavy atom. The molecule has 0 aromatic heterocycles. The summed E-state index contributed by atoms with van der Waals surface area (Å²) in [6.07, 6.45) is 4.14. The van der Waals surface area contributed by atoms with E-state index in [9.17, 15) is 0 Å². The second-order valence-electron chi connectivity index (χ2n) is 6.77. The van der Waals surface area contributed by atoms with Crippen molar-refractivity contribution >= 4 is 5.96 Å². The van der Waals surface area contributed by atoms with Crippen molar-refractivity contribution < 1.29 is 14.2 Å². The van der Waals surface area contributed by atoms with Crippen molar-refractivity contribution in [1.82, 2.24) is 10.6 Å². The van der Waals surface area contributed by atoms with Gasteiger partial charge in [0.1, 0.15) is 5.75 Å². The predicted octanol–water partition coefficient (Wildman–Crippen LogP) is 2.63. The molecular weight excluding hydrogens is 342 g/mol. The summed E-state index contributed by atoms with van der Waals surface area (Å²) in [5.41, 5.74) is 1.28. The number of hydrogen-bond acceptors (Lipinski definition) is 4. The van der Waals surface area contributed by atoms with Crippen LogP contribution in [0.3, 0.4) is 0 Å². The van der Waals surface area contributed by atoms with Crippen molar-refractivity contribution in [2.45, 2.75) is 32.6 Å². The van der Waals surface area contributed by atoms with E-state index in [2.05, 4.69) is 34.7 Å². The van der Waals surface area contributed by atoms with Crippen LogP contribution in [0.1, 0.15) is 31.7 Å². The van der Waals surface area contributed by atoms with Gasteiger partial charge in [-0.2, -0.15) is 0 Å². The van der Waals surface area contributed by atoms with Crippen LogP contribution in [-0.4, -0.2) is 59.1 Å². The van der Waals surface area contributed by atoms with Crippen LogP contribution in [0, 0.1) is 5.92 Å². The van der Waals surface area contributed by atoms with Gasteiger partial charge in [0.05, 0.1) is 7.11 Å². The summed E-state index contributed by atoms with van der Waals surface area (Å²) < 4.78 is 16.4. The highest BCUT2D eigenvalue weighted by atomic mass is 16.5. The van der Waals surface area contributed by atoms with Crippen LogP contribution in [0.15, 0.2) is 29.3 Å². The first-order chi connectivity index (χ1) is 13.3. The van der Waals surface area contributed by atoms with Crippen LogP contribution >= 0.6 is 0 Å². The molecule has 1 saturated heterocycles. The van der Waals surface area contributed by atoms with Gasteiger partial charge in [-0.25, -0.2) is 0 Å². The topological polar surface area (TPSA) is 64.1 Å². The van der Waals surface area contributed by atoms with Crippen LogP contribution in [0.5, 0.6) is 5.75 Å². The van der Waals surface area contributed by atoms with Gasteiger partial charge in [0.25, 0.3) is 0 Å². The lowest BCUT2D eigenvalue weighted by molar-refractivity contribution is 0.0205. The first-order valence-electron chi connectivity index (χ1n) is 10.1. The van der Waals surface area contributed by atoms with Crippen molar-refractivity contribution in [3.05, 3.63) is 29.8 Å². The van der Waals surface area contributed by atoms with Gasteiger partial charge in [0.15, 0.2) is 5.96 Å². The third kappa shape index (κ3) is 9.11. The predicted molar refractivity (Wildman–Crippen MR) is 110 cm³/mol. The third-order valence-electron chi connectivity index (χ3n) is 4.62. The summed E-state index contributed by atoms with van der Waals surface area (Å²) in [5.74, 6) is 2.43. The van der Waals surface area contributed by atoms with Crippen LogP contribution < -0.4 is 15.4 Å². The minimum atomic E-state index is 0.666. The van der Waals surface area contributed by atoms with Gasteiger partial charge in [-0.3, -0.25) is 4.99 Å². The molecule has 0 bridgehead atoms. The van der Waals surface area contributed by atoms with Crippen LogP contribution in [0.2, 0.25) is 0 Å². The summed E-state index contributed by atoms with van der Waals surface area (Å²) in [7, 11) is 1.69. The Hall–Kier alpha value is -1.79. The summed E-state index contributed by atoms with van der Waals surface area (Å²) in [4.78, 5) is 4.63. The maximum Gasteiger partial charge on any atom is 0.191 e. The number of ether oxygens (including phenoxy) is 3. The summed E-state index contributed by atoms with van der Waals surface area (Å²) in [6.45, 7) is 7.94. The lowest BCUT2D eigenvalue weighted by Gasteiger charge is -2.21. The molecule has 1 aliphatic rings. The zero-order valence-electron chi connectivity index (χ0n) is 16.8. The Morgan fingerprint density at radius 3 is 2.67 bits per heavy atom. The molecule has 0 radical (unpaired) electrons. The van der Waals surface area contributed by atoms with Crippen molar-refractivity contribution in [1.29, 1.82) is 0 Å². The molecule has 0 atom stereocenters. The Balaban J connectivity index is 1.59. The van der Waals surface area contributed by atoms with Crippen LogP contribution in [0.4, 0.5) is 0 Å². The van der Waals surface area contributed by atoms with Gasteiger partial charge in [-0.15, -0.1) is 0 Å². The Bertz CT molecular complexity index is 528. The number of methoxy groups -OCH3 is 1. The van der Waals surface area contributed by atoms with Gasteiger partial charge in [-0.1, -0.05) is 12.1 Å². The van der Waals surface area contributed by atoms with Gasteiger partial charge in [-0.05, 0) is 56.2 Å². The molecule has 152 valence electrons. The average molecular weight is 378 g/mol. The van der Waals surface area contributed by atoms with Crippen molar-refractivity contribution in [2.75, 3.05) is 53.2 Å². The van der Waals surface area contributed by atoms with Gasteiger partial charge in [0.2, 0.25) is 0 Å². The third-order valence-corrected chi connectivity index (χ3v) is 4.62. The second-order valence-corrected chi connectivity index (χ2v) is 6.77. The molecule has 0 saturated carbocycles. The van der Waals surface area contributed by atoms with Crippen LogP contribution in [0.25, 0.3) is 0 Å². The fourth-order valence-corrected chi connectivity index (χ4v) is 2.98. The maximum absolute atomic E-state index is 5.80. The molecule has 1 fully saturated rings. The number of hydrogen-bond donors (Lipinski definition) is 2. The lowest BCUT2D eigenvalue weighted by atomic mass is 10.0. The summed E-state index contributed by atoms with van der Waals surface area (Å²) in [6, 6.07) is 8.19. The van der Waals surface area contributed by atoms with E-state index in [-0.39, 0.29) is 0 Å². The first kappa shape index (κ1) is 21.5. The molecule has 1 aromatic carbocycles. The molecule has 27 heavy (non-hydrogen) atoms. The quantitative estimate of drug-likeness (QED) is 0.353. The smallest absolute Gasteiger partial charge is 0.191 e. The maximum atomic E-state index is 5.80. The molecule has 0 unspecified atom stereocenters. The number of nitrogens with zero attached hydrogens (tertiary/aromatic N) is 1. The highest BCUT2D eigenvalue weighted by molar-refractivity contribution is 5.79. The molecular formula is C21H35N3O3. The SMILES string of the molecule is CCNC(=NCCCOCC1CCOCC1)NCCc1ccc(OC)cc1. The fourth-order valence-electron chi connectivity index (χ4n) is 2.98. The number of aliphatic imine (C=N–C) groups is 1. The average Bonchev–Trinajstić information content (AvgIpc) is 2.71. The molecule has 1 aromatic rings. The molecule has 6 nitrogen and oxygen atoms in total. The second kappa shape index (κ2) is 13.4. The van der Waals surface area contributed by atoms with Gasteiger partial charge < -0.3 is 24.8 Å². The van der Waals surface area contributed by atoms with Crippen molar-refractivity contribution in [3.63, 3.8) is 0 Å². The normalized spacial score (nSPS) is 15.6. The Labute approximate surface area is 163 Å². The minimum Gasteiger partial charge on any atom is -0.497 e. The molecule has 0 spiro atoms. The number of guanidine groups is 1. The molecule has 1 aliphatic heterocycles. The molecule has 0 aliphatic carbocycles. The van der Waals surface area contributed by atoms with Crippen LogP contribution in [-0.2, 0) is 15.9 Å².